The lowest BCUT2D eigenvalue weighted by Gasteiger charge is -2.28. The van der Waals surface area contributed by atoms with Crippen molar-refractivity contribution < 1.29 is 9.53 Å². The highest BCUT2D eigenvalue weighted by molar-refractivity contribution is 5.83. The van der Waals surface area contributed by atoms with Crippen molar-refractivity contribution in [3.8, 4) is 0 Å². The van der Waals surface area contributed by atoms with Gasteiger partial charge in [0.2, 0.25) is 5.91 Å². The normalized spacial score (nSPS) is 46.6. The fourth-order valence-electron chi connectivity index (χ4n) is 2.87. The Bertz CT molecular complexity index is 269. The minimum Gasteiger partial charge on any atom is -0.373 e. The van der Waals surface area contributed by atoms with E-state index in [-0.39, 0.29) is 11.9 Å². The first-order chi connectivity index (χ1) is 6.75. The van der Waals surface area contributed by atoms with E-state index in [0.717, 1.165) is 12.8 Å². The van der Waals surface area contributed by atoms with Crippen LogP contribution in [0.2, 0.25) is 0 Å². The Morgan fingerprint density at radius 3 is 2.86 bits per heavy atom. The minimum absolute atomic E-state index is 0.00544. The molecule has 14 heavy (non-hydrogen) atoms. The van der Waals surface area contributed by atoms with Crippen LogP contribution in [0.15, 0.2) is 0 Å². The van der Waals surface area contributed by atoms with E-state index in [2.05, 4.69) is 5.32 Å². The average molecular weight is 196 g/mol. The maximum absolute atomic E-state index is 11.8. The zero-order chi connectivity index (χ0) is 9.71. The van der Waals surface area contributed by atoms with Crippen molar-refractivity contribution >= 4 is 5.91 Å². The summed E-state index contributed by atoms with van der Waals surface area (Å²) in [4.78, 5) is 13.7. The Kier molecular flexibility index (Phi) is 1.82. The van der Waals surface area contributed by atoms with Gasteiger partial charge in [-0.25, -0.2) is 0 Å². The van der Waals surface area contributed by atoms with Gasteiger partial charge in [0.1, 0.15) is 0 Å². The number of nitrogens with one attached hydrogen (secondary N) is 1. The van der Waals surface area contributed by atoms with Gasteiger partial charge in [-0.1, -0.05) is 0 Å². The third kappa shape index (κ3) is 1.10. The number of fused-ring (bicyclic) bond motifs is 2. The molecule has 4 atom stereocenters. The van der Waals surface area contributed by atoms with Gasteiger partial charge in [0.15, 0.2) is 0 Å². The second-order valence-corrected chi connectivity index (χ2v) is 4.57. The largest absolute Gasteiger partial charge is 0.373 e. The molecule has 4 nitrogen and oxygen atoms in total. The third-order valence-corrected chi connectivity index (χ3v) is 3.70. The summed E-state index contributed by atoms with van der Waals surface area (Å²) in [7, 11) is 0. The zero-order valence-electron chi connectivity index (χ0n) is 8.40. The summed E-state index contributed by atoms with van der Waals surface area (Å²) >= 11 is 0. The molecule has 1 N–H and O–H groups in total. The molecule has 0 aromatic carbocycles. The number of hydrogen-bond acceptors (Lipinski definition) is 3. The maximum atomic E-state index is 11.8. The van der Waals surface area contributed by atoms with Gasteiger partial charge in [-0.2, -0.15) is 0 Å². The van der Waals surface area contributed by atoms with E-state index in [4.69, 9.17) is 4.74 Å². The molecule has 0 aromatic heterocycles. The third-order valence-electron chi connectivity index (χ3n) is 3.70. The molecule has 4 heteroatoms. The van der Waals surface area contributed by atoms with Gasteiger partial charge in [0.05, 0.1) is 31.0 Å². The number of ether oxygens (including phenoxy) is 1. The van der Waals surface area contributed by atoms with Gasteiger partial charge >= 0.3 is 0 Å². The van der Waals surface area contributed by atoms with Crippen molar-refractivity contribution in [1.29, 1.82) is 0 Å². The molecule has 3 heterocycles. The SMILES string of the molecule is CC1NCN(C2CC3CCC2O3)C1=O. The fourth-order valence-corrected chi connectivity index (χ4v) is 2.87. The van der Waals surface area contributed by atoms with E-state index >= 15 is 0 Å². The number of hydrogen-bond donors (Lipinski definition) is 1. The van der Waals surface area contributed by atoms with Crippen LogP contribution < -0.4 is 5.32 Å². The molecule has 3 aliphatic heterocycles. The molecule has 1 amide bonds. The van der Waals surface area contributed by atoms with Gasteiger partial charge < -0.3 is 9.64 Å². The fraction of sp³-hybridized carbons (Fsp3) is 0.900. The summed E-state index contributed by atoms with van der Waals surface area (Å²) in [6.45, 7) is 2.63. The molecule has 4 unspecified atom stereocenters. The van der Waals surface area contributed by atoms with Gasteiger partial charge in [0.25, 0.3) is 0 Å². The van der Waals surface area contributed by atoms with Crippen molar-refractivity contribution in [2.45, 2.75) is 50.5 Å². The van der Waals surface area contributed by atoms with E-state index in [1.165, 1.54) is 6.42 Å². The van der Waals surface area contributed by atoms with E-state index in [9.17, 15) is 4.79 Å². The van der Waals surface area contributed by atoms with Crippen molar-refractivity contribution in [1.82, 2.24) is 10.2 Å². The Morgan fingerprint density at radius 1 is 1.50 bits per heavy atom. The zero-order valence-corrected chi connectivity index (χ0v) is 8.40. The van der Waals surface area contributed by atoms with Gasteiger partial charge in [0, 0.05) is 0 Å². The van der Waals surface area contributed by atoms with Crippen LogP contribution in [-0.2, 0) is 9.53 Å². The van der Waals surface area contributed by atoms with Gasteiger partial charge in [-0.3, -0.25) is 10.1 Å². The molecule has 0 radical (unpaired) electrons. The molecule has 0 spiro atoms. The lowest BCUT2D eigenvalue weighted by Crippen LogP contribution is -2.43. The number of carbonyl (C=O) groups is 1. The van der Waals surface area contributed by atoms with E-state index in [0.29, 0.717) is 24.9 Å². The summed E-state index contributed by atoms with van der Waals surface area (Å²) in [6.07, 6.45) is 4.11. The molecule has 3 aliphatic rings. The Balaban J connectivity index is 1.75. The van der Waals surface area contributed by atoms with Crippen molar-refractivity contribution in [3.63, 3.8) is 0 Å². The van der Waals surface area contributed by atoms with Crippen molar-refractivity contribution in [2.24, 2.45) is 0 Å². The minimum atomic E-state index is -0.00544. The predicted octanol–water partition coefficient (Wildman–Crippen LogP) is 0.0841. The predicted molar refractivity (Wildman–Crippen MR) is 50.6 cm³/mol. The van der Waals surface area contributed by atoms with Gasteiger partial charge in [-0.15, -0.1) is 0 Å². The molecule has 0 saturated carbocycles. The Labute approximate surface area is 83.6 Å². The number of amides is 1. The van der Waals surface area contributed by atoms with Crippen LogP contribution in [0, 0.1) is 0 Å². The van der Waals surface area contributed by atoms with E-state index in [1.807, 2.05) is 11.8 Å². The summed E-state index contributed by atoms with van der Waals surface area (Å²) in [6, 6.07) is 0.341. The molecule has 0 aromatic rings. The summed E-state index contributed by atoms with van der Waals surface area (Å²) in [5.41, 5.74) is 0. The van der Waals surface area contributed by atoms with Crippen LogP contribution >= 0.6 is 0 Å². The van der Waals surface area contributed by atoms with Crippen LogP contribution in [0.3, 0.4) is 0 Å². The van der Waals surface area contributed by atoms with Crippen LogP contribution in [0.4, 0.5) is 0 Å². The standard InChI is InChI=1S/C10H16N2O2/c1-6-10(13)12(5-11-6)8-4-7-2-3-9(8)14-7/h6-9,11H,2-5H2,1H3. The number of rotatable bonds is 1. The molecule has 0 aliphatic carbocycles. The van der Waals surface area contributed by atoms with Crippen LogP contribution in [0.1, 0.15) is 26.2 Å². The lowest BCUT2D eigenvalue weighted by molar-refractivity contribution is -0.131. The lowest BCUT2D eigenvalue weighted by atomic mass is 9.94. The Hall–Kier alpha value is -0.610. The van der Waals surface area contributed by atoms with Crippen LogP contribution in [-0.4, -0.2) is 41.8 Å². The van der Waals surface area contributed by atoms with E-state index in [1.54, 1.807) is 0 Å². The monoisotopic (exact) mass is 196 g/mol. The number of carbonyl (C=O) groups excluding carboxylic acids is 1. The first-order valence-electron chi connectivity index (χ1n) is 5.45. The highest BCUT2D eigenvalue weighted by atomic mass is 16.5. The molecule has 3 rings (SSSR count). The van der Waals surface area contributed by atoms with E-state index < -0.39 is 0 Å². The average Bonchev–Trinajstić information content (AvgIpc) is 2.84. The Morgan fingerprint density at radius 2 is 2.36 bits per heavy atom. The molecule has 3 fully saturated rings. The summed E-state index contributed by atoms with van der Waals surface area (Å²) in [5.74, 6) is 0.242. The van der Waals surface area contributed by atoms with Crippen molar-refractivity contribution in [3.05, 3.63) is 0 Å². The highest BCUT2D eigenvalue weighted by Gasteiger charge is 2.46. The first kappa shape index (κ1) is 8.68. The second-order valence-electron chi connectivity index (χ2n) is 4.57. The molecular weight excluding hydrogens is 180 g/mol. The number of nitrogens with zero attached hydrogens (tertiary/aromatic N) is 1. The van der Waals surface area contributed by atoms with Crippen LogP contribution in [0.25, 0.3) is 0 Å². The molecule has 2 bridgehead atoms. The smallest absolute Gasteiger partial charge is 0.240 e. The van der Waals surface area contributed by atoms with Crippen LogP contribution in [0.5, 0.6) is 0 Å². The molecule has 78 valence electrons. The topological polar surface area (TPSA) is 41.6 Å². The highest BCUT2D eigenvalue weighted by Crippen LogP contribution is 2.37. The quantitative estimate of drug-likeness (QED) is 0.646. The summed E-state index contributed by atoms with van der Waals surface area (Å²) < 4.78 is 5.76. The maximum Gasteiger partial charge on any atom is 0.240 e. The van der Waals surface area contributed by atoms with Gasteiger partial charge in [-0.05, 0) is 26.2 Å². The summed E-state index contributed by atoms with van der Waals surface area (Å²) in [5, 5.41) is 3.18. The first-order valence-corrected chi connectivity index (χ1v) is 5.45. The molecule has 3 saturated heterocycles. The second kappa shape index (κ2) is 2.94. The molecular formula is C10H16N2O2. The van der Waals surface area contributed by atoms with Crippen molar-refractivity contribution in [2.75, 3.05) is 6.67 Å².